The van der Waals surface area contributed by atoms with Gasteiger partial charge in [0, 0.05) is 12.2 Å². The highest BCUT2D eigenvalue weighted by atomic mass is 32.2. The lowest BCUT2D eigenvalue weighted by Gasteiger charge is -2.24. The van der Waals surface area contributed by atoms with Crippen molar-refractivity contribution in [2.45, 2.75) is 24.3 Å². The topological polar surface area (TPSA) is 72.5 Å². The van der Waals surface area contributed by atoms with Gasteiger partial charge in [-0.05, 0) is 50.2 Å². The molecular weight excluding hydrogens is 446 g/mol. The maximum absolute atomic E-state index is 13.4. The van der Waals surface area contributed by atoms with Crippen molar-refractivity contribution in [3.63, 3.8) is 0 Å². The smallest absolute Gasteiger partial charge is 0.267 e. The number of benzene rings is 3. The maximum Gasteiger partial charge on any atom is 0.267 e. The second-order valence-electron chi connectivity index (χ2n) is 7.79. The number of rotatable bonds is 6. The summed E-state index contributed by atoms with van der Waals surface area (Å²) in [4.78, 5) is 28.5. The van der Waals surface area contributed by atoms with E-state index in [1.807, 2.05) is 97.1 Å². The molecule has 0 aliphatic rings. The van der Waals surface area contributed by atoms with E-state index in [0.29, 0.717) is 34.1 Å². The third-order valence-corrected chi connectivity index (χ3v) is 6.72. The van der Waals surface area contributed by atoms with Gasteiger partial charge in [-0.3, -0.25) is 14.0 Å². The number of carbonyl (C=O) groups excluding carboxylic acids is 1. The van der Waals surface area contributed by atoms with Gasteiger partial charge < -0.3 is 4.90 Å². The van der Waals surface area contributed by atoms with E-state index in [2.05, 4.69) is 10.2 Å². The first-order valence-electron chi connectivity index (χ1n) is 11.1. The minimum Gasteiger partial charge on any atom is -0.312 e. The first kappa shape index (κ1) is 21.9. The number of hydrogen-bond donors (Lipinski definition) is 0. The first-order valence-corrected chi connectivity index (χ1v) is 12.0. The van der Waals surface area contributed by atoms with Crippen LogP contribution < -0.4 is 10.5 Å². The van der Waals surface area contributed by atoms with Crippen LogP contribution in [-0.4, -0.2) is 36.9 Å². The van der Waals surface area contributed by atoms with Gasteiger partial charge in [0.15, 0.2) is 5.16 Å². The molecule has 7 nitrogen and oxygen atoms in total. The molecule has 8 heteroatoms. The highest BCUT2D eigenvalue weighted by molar-refractivity contribution is 8.00. The minimum atomic E-state index is -0.413. The van der Waals surface area contributed by atoms with E-state index >= 15 is 0 Å². The van der Waals surface area contributed by atoms with Crippen LogP contribution in [0.25, 0.3) is 22.4 Å². The molecule has 34 heavy (non-hydrogen) atoms. The second-order valence-corrected chi connectivity index (χ2v) is 9.10. The van der Waals surface area contributed by atoms with Crippen molar-refractivity contribution in [2.75, 3.05) is 11.4 Å². The van der Waals surface area contributed by atoms with E-state index < -0.39 is 5.25 Å². The van der Waals surface area contributed by atoms with Crippen LogP contribution in [0.2, 0.25) is 0 Å². The SMILES string of the molecule is CCN(C(=O)[C@H](C)Sc1nnc2n(-c3ccccc3)c(=O)c3ccccc3n12)c1ccccc1. The molecule has 0 aliphatic heterocycles. The van der Waals surface area contributed by atoms with Crippen LogP contribution in [0, 0.1) is 0 Å². The molecule has 2 heterocycles. The van der Waals surface area contributed by atoms with E-state index in [1.165, 1.54) is 11.8 Å². The molecular formula is C26H23N5O2S. The highest BCUT2D eigenvalue weighted by Crippen LogP contribution is 2.28. The molecule has 1 amide bonds. The molecule has 170 valence electrons. The Morgan fingerprint density at radius 1 is 0.941 bits per heavy atom. The summed E-state index contributed by atoms with van der Waals surface area (Å²) in [5, 5.41) is 9.47. The Labute approximate surface area is 200 Å². The zero-order valence-electron chi connectivity index (χ0n) is 18.8. The van der Waals surface area contributed by atoms with Gasteiger partial charge in [0.05, 0.1) is 21.8 Å². The average Bonchev–Trinajstić information content (AvgIpc) is 3.29. The minimum absolute atomic E-state index is 0.0175. The third kappa shape index (κ3) is 3.76. The molecule has 0 saturated heterocycles. The molecule has 0 aliphatic carbocycles. The Morgan fingerprint density at radius 3 is 2.29 bits per heavy atom. The van der Waals surface area contributed by atoms with Crippen molar-refractivity contribution in [1.82, 2.24) is 19.2 Å². The molecule has 0 radical (unpaired) electrons. The van der Waals surface area contributed by atoms with Crippen LogP contribution >= 0.6 is 11.8 Å². The van der Waals surface area contributed by atoms with Crippen molar-refractivity contribution in [2.24, 2.45) is 0 Å². The number of fused-ring (bicyclic) bond motifs is 3. The monoisotopic (exact) mass is 469 g/mol. The van der Waals surface area contributed by atoms with Crippen molar-refractivity contribution in [1.29, 1.82) is 0 Å². The lowest BCUT2D eigenvalue weighted by Crippen LogP contribution is -2.36. The quantitative estimate of drug-likeness (QED) is 0.341. The summed E-state index contributed by atoms with van der Waals surface area (Å²) in [6.45, 7) is 4.39. The van der Waals surface area contributed by atoms with Crippen LogP contribution in [-0.2, 0) is 4.79 Å². The molecule has 5 aromatic rings. The van der Waals surface area contributed by atoms with Gasteiger partial charge in [0.25, 0.3) is 5.56 Å². The molecule has 0 unspecified atom stereocenters. The van der Waals surface area contributed by atoms with E-state index in [4.69, 9.17) is 0 Å². The third-order valence-electron chi connectivity index (χ3n) is 5.69. The predicted octanol–water partition coefficient (Wildman–Crippen LogP) is 4.57. The van der Waals surface area contributed by atoms with Crippen molar-refractivity contribution in [3.05, 3.63) is 95.3 Å². The second kappa shape index (κ2) is 9.15. The van der Waals surface area contributed by atoms with Crippen LogP contribution in [0.15, 0.2) is 94.9 Å². The normalized spacial score (nSPS) is 12.2. The molecule has 5 rings (SSSR count). The Hall–Kier alpha value is -3.91. The molecule has 0 fully saturated rings. The summed E-state index contributed by atoms with van der Waals surface area (Å²) in [5.74, 6) is 0.392. The molecule has 3 aromatic carbocycles. The summed E-state index contributed by atoms with van der Waals surface area (Å²) in [6, 6.07) is 26.4. The van der Waals surface area contributed by atoms with Gasteiger partial charge in [0.1, 0.15) is 0 Å². The lowest BCUT2D eigenvalue weighted by molar-refractivity contribution is -0.117. The predicted molar refractivity (Wildman–Crippen MR) is 136 cm³/mol. The van der Waals surface area contributed by atoms with Crippen LogP contribution in [0.3, 0.4) is 0 Å². The van der Waals surface area contributed by atoms with Crippen LogP contribution in [0.4, 0.5) is 5.69 Å². The molecule has 0 spiro atoms. The van der Waals surface area contributed by atoms with Gasteiger partial charge in [-0.15, -0.1) is 10.2 Å². The summed E-state index contributed by atoms with van der Waals surface area (Å²) in [5.41, 5.74) is 2.11. The van der Waals surface area contributed by atoms with Gasteiger partial charge in [-0.2, -0.15) is 0 Å². The van der Waals surface area contributed by atoms with Gasteiger partial charge in [0.2, 0.25) is 11.7 Å². The maximum atomic E-state index is 13.4. The Bertz CT molecular complexity index is 1530. The van der Waals surface area contributed by atoms with Gasteiger partial charge in [-0.25, -0.2) is 4.57 Å². The van der Waals surface area contributed by atoms with E-state index in [9.17, 15) is 9.59 Å². The number of para-hydroxylation sites is 3. The summed E-state index contributed by atoms with van der Waals surface area (Å²) < 4.78 is 3.42. The highest BCUT2D eigenvalue weighted by Gasteiger charge is 2.25. The number of carbonyl (C=O) groups is 1. The van der Waals surface area contributed by atoms with Crippen molar-refractivity contribution in [3.8, 4) is 5.69 Å². The van der Waals surface area contributed by atoms with Gasteiger partial charge in [-0.1, -0.05) is 60.3 Å². The number of anilines is 1. The van der Waals surface area contributed by atoms with E-state index in [-0.39, 0.29) is 11.5 Å². The molecule has 0 bridgehead atoms. The zero-order chi connectivity index (χ0) is 23.7. The van der Waals surface area contributed by atoms with E-state index in [1.54, 1.807) is 15.5 Å². The number of thioether (sulfide) groups is 1. The van der Waals surface area contributed by atoms with Crippen molar-refractivity contribution >= 4 is 40.0 Å². The zero-order valence-corrected chi connectivity index (χ0v) is 19.6. The standard InChI is InChI=1S/C26H23N5O2S/c1-3-29(19-12-6-4-7-13-19)23(32)18(2)34-26-28-27-25-30(20-14-8-5-9-15-20)24(33)21-16-10-11-17-22(21)31(25)26/h4-18H,3H2,1-2H3/t18-/m0/s1. The Kier molecular flexibility index (Phi) is 5.90. The number of nitrogens with zero attached hydrogens (tertiary/aromatic N) is 5. The fraction of sp³-hybridized carbons (Fsp3) is 0.154. The van der Waals surface area contributed by atoms with E-state index in [0.717, 1.165) is 5.69 Å². The molecule has 1 atom stereocenters. The average molecular weight is 470 g/mol. The summed E-state index contributed by atoms with van der Waals surface area (Å²) in [6.07, 6.45) is 0. The lowest BCUT2D eigenvalue weighted by atomic mass is 10.2. The summed E-state index contributed by atoms with van der Waals surface area (Å²) in [7, 11) is 0. The first-order chi connectivity index (χ1) is 16.6. The number of amides is 1. The van der Waals surface area contributed by atoms with Crippen LogP contribution in [0.1, 0.15) is 13.8 Å². The number of aromatic nitrogens is 4. The van der Waals surface area contributed by atoms with Gasteiger partial charge >= 0.3 is 0 Å². The van der Waals surface area contributed by atoms with Crippen molar-refractivity contribution < 1.29 is 4.79 Å². The fourth-order valence-corrected chi connectivity index (χ4v) is 4.98. The number of hydrogen-bond acceptors (Lipinski definition) is 5. The molecule has 0 saturated carbocycles. The Morgan fingerprint density at radius 2 is 1.59 bits per heavy atom. The fourth-order valence-electron chi connectivity index (χ4n) is 4.07. The largest absolute Gasteiger partial charge is 0.312 e. The van der Waals surface area contributed by atoms with Crippen LogP contribution in [0.5, 0.6) is 0 Å². The summed E-state index contributed by atoms with van der Waals surface area (Å²) >= 11 is 1.33. The molecule has 0 N–H and O–H groups in total. The molecule has 2 aromatic heterocycles. The Balaban J connectivity index is 1.61.